The molecule has 1 aromatic rings. The highest BCUT2D eigenvalue weighted by Crippen LogP contribution is 2.45. The molecule has 0 aromatic heterocycles. The van der Waals surface area contributed by atoms with Crippen LogP contribution in [-0.4, -0.2) is 18.6 Å². The third kappa shape index (κ3) is 1.81. The maximum Gasteiger partial charge on any atom is 0.252 e. The molecule has 2 fully saturated rings. The monoisotopic (exact) mass is 237 g/mol. The number of carbonyl (C=O) groups excluding carboxylic acids is 1. The Morgan fingerprint density at radius 3 is 2.50 bits per heavy atom. The van der Waals surface area contributed by atoms with Crippen molar-refractivity contribution in [3.8, 4) is 0 Å². The molecule has 1 amide bonds. The van der Waals surface area contributed by atoms with Crippen LogP contribution in [0.2, 0.25) is 5.02 Å². The second-order valence-corrected chi connectivity index (χ2v) is 4.84. The summed E-state index contributed by atoms with van der Waals surface area (Å²) >= 11 is 5.84. The van der Waals surface area contributed by atoms with Crippen LogP contribution in [0, 0.1) is 0 Å². The Bertz CT molecular complexity index is 421. The van der Waals surface area contributed by atoms with Crippen molar-refractivity contribution in [1.82, 2.24) is 5.32 Å². The third-order valence-corrected chi connectivity index (χ3v) is 3.39. The zero-order valence-corrected chi connectivity index (χ0v) is 9.46. The first kappa shape index (κ1) is 10.1. The quantitative estimate of drug-likeness (QED) is 0.816. The van der Waals surface area contributed by atoms with Gasteiger partial charge in [-0.25, -0.2) is 0 Å². The van der Waals surface area contributed by atoms with Gasteiger partial charge in [-0.2, -0.15) is 0 Å². The first-order chi connectivity index (χ1) is 7.70. The third-order valence-electron chi connectivity index (χ3n) is 3.14. The predicted octanol–water partition coefficient (Wildman–Crippen LogP) is 1.84. The Kier molecular flexibility index (Phi) is 2.19. The summed E-state index contributed by atoms with van der Waals surface area (Å²) < 4.78 is 4.97. The van der Waals surface area contributed by atoms with Crippen LogP contribution in [0.25, 0.3) is 0 Å². The molecule has 1 saturated carbocycles. The minimum absolute atomic E-state index is 0.00690. The van der Waals surface area contributed by atoms with E-state index in [2.05, 4.69) is 5.32 Å². The summed E-state index contributed by atoms with van der Waals surface area (Å²) in [7, 11) is 0. The number of amides is 1. The fourth-order valence-electron chi connectivity index (χ4n) is 1.90. The van der Waals surface area contributed by atoms with E-state index in [1.54, 1.807) is 0 Å². The number of hydrogen-bond donors (Lipinski definition) is 1. The van der Waals surface area contributed by atoms with Crippen LogP contribution < -0.4 is 5.32 Å². The van der Waals surface area contributed by atoms with Gasteiger partial charge >= 0.3 is 0 Å². The number of nitrogens with one attached hydrogen (secondary N) is 1. The number of ether oxygens (including phenoxy) is 1. The van der Waals surface area contributed by atoms with Crippen molar-refractivity contribution in [2.45, 2.75) is 24.5 Å². The number of carbonyl (C=O) groups is 1. The Morgan fingerprint density at radius 1 is 1.38 bits per heavy atom. The summed E-state index contributed by atoms with van der Waals surface area (Å²) in [5.74, 6) is 0.00690. The van der Waals surface area contributed by atoms with Gasteiger partial charge in [0.1, 0.15) is 0 Å². The predicted molar refractivity (Wildman–Crippen MR) is 60.2 cm³/mol. The van der Waals surface area contributed by atoms with Crippen LogP contribution in [0.4, 0.5) is 0 Å². The van der Waals surface area contributed by atoms with Crippen LogP contribution in [0.15, 0.2) is 24.3 Å². The fourth-order valence-corrected chi connectivity index (χ4v) is 2.02. The van der Waals surface area contributed by atoms with Gasteiger partial charge in [-0.3, -0.25) is 4.79 Å². The first-order valence-corrected chi connectivity index (χ1v) is 5.77. The van der Waals surface area contributed by atoms with Crippen molar-refractivity contribution < 1.29 is 9.53 Å². The van der Waals surface area contributed by atoms with E-state index in [9.17, 15) is 4.79 Å². The molecule has 3 nitrogen and oxygen atoms in total. The number of hydrogen-bond acceptors (Lipinski definition) is 2. The highest BCUT2D eigenvalue weighted by Gasteiger charge is 2.48. The first-order valence-electron chi connectivity index (χ1n) is 5.39. The number of benzene rings is 1. The molecule has 4 heteroatoms. The molecule has 1 N–H and O–H groups in total. The van der Waals surface area contributed by atoms with E-state index in [4.69, 9.17) is 16.3 Å². The summed E-state index contributed by atoms with van der Waals surface area (Å²) in [6.07, 6.45) is 1.77. The molecule has 2 aliphatic rings. The van der Waals surface area contributed by atoms with Gasteiger partial charge in [0.25, 0.3) is 5.91 Å². The maximum atomic E-state index is 11.6. The SMILES string of the molecule is O=C(NC1(c2ccc(Cl)cc2)CC1)C1CO1. The van der Waals surface area contributed by atoms with E-state index in [1.807, 2.05) is 24.3 Å². The average Bonchev–Trinajstić information content (AvgIpc) is 3.13. The van der Waals surface area contributed by atoms with Gasteiger partial charge in [-0.15, -0.1) is 0 Å². The van der Waals surface area contributed by atoms with Crippen LogP contribution in [0.1, 0.15) is 18.4 Å². The van der Waals surface area contributed by atoms with Crippen molar-refractivity contribution in [3.63, 3.8) is 0 Å². The molecule has 0 spiro atoms. The van der Waals surface area contributed by atoms with E-state index < -0.39 is 0 Å². The van der Waals surface area contributed by atoms with E-state index in [0.29, 0.717) is 6.61 Å². The van der Waals surface area contributed by atoms with E-state index in [1.165, 1.54) is 0 Å². The lowest BCUT2D eigenvalue weighted by atomic mass is 10.0. The minimum Gasteiger partial charge on any atom is -0.363 e. The lowest BCUT2D eigenvalue weighted by Gasteiger charge is -2.17. The van der Waals surface area contributed by atoms with Gasteiger partial charge in [0.15, 0.2) is 6.10 Å². The molecule has 1 heterocycles. The van der Waals surface area contributed by atoms with Gasteiger partial charge in [0, 0.05) is 5.02 Å². The highest BCUT2D eigenvalue weighted by molar-refractivity contribution is 6.30. The summed E-state index contributed by atoms with van der Waals surface area (Å²) in [5.41, 5.74) is 0.971. The molecular formula is C12H12ClNO2. The summed E-state index contributed by atoms with van der Waals surface area (Å²) in [6.45, 7) is 0.558. The average molecular weight is 238 g/mol. The maximum absolute atomic E-state index is 11.6. The van der Waals surface area contributed by atoms with Gasteiger partial charge in [0.05, 0.1) is 12.1 Å². The molecule has 1 atom stereocenters. The van der Waals surface area contributed by atoms with Crippen molar-refractivity contribution in [2.75, 3.05) is 6.61 Å². The largest absolute Gasteiger partial charge is 0.363 e. The van der Waals surface area contributed by atoms with Crippen molar-refractivity contribution >= 4 is 17.5 Å². The molecule has 1 aliphatic carbocycles. The van der Waals surface area contributed by atoms with Crippen LogP contribution in [-0.2, 0) is 15.1 Å². The van der Waals surface area contributed by atoms with Crippen molar-refractivity contribution in [1.29, 1.82) is 0 Å². The molecule has 1 aliphatic heterocycles. The summed E-state index contributed by atoms with van der Waals surface area (Å²) in [5, 5.41) is 3.78. The number of epoxide rings is 1. The van der Waals surface area contributed by atoms with E-state index in [0.717, 1.165) is 23.4 Å². The lowest BCUT2D eigenvalue weighted by molar-refractivity contribution is -0.123. The molecule has 84 valence electrons. The molecule has 1 saturated heterocycles. The van der Waals surface area contributed by atoms with Crippen LogP contribution in [0.5, 0.6) is 0 Å². The fraction of sp³-hybridized carbons (Fsp3) is 0.417. The van der Waals surface area contributed by atoms with E-state index >= 15 is 0 Å². The van der Waals surface area contributed by atoms with Gasteiger partial charge in [0.2, 0.25) is 0 Å². The minimum atomic E-state index is -0.218. The molecule has 0 bridgehead atoms. The Balaban J connectivity index is 1.77. The Hall–Kier alpha value is -1.06. The highest BCUT2D eigenvalue weighted by atomic mass is 35.5. The van der Waals surface area contributed by atoms with Crippen molar-refractivity contribution in [3.05, 3.63) is 34.9 Å². The second kappa shape index (κ2) is 3.47. The topological polar surface area (TPSA) is 41.6 Å². The zero-order chi connectivity index (χ0) is 11.2. The van der Waals surface area contributed by atoms with E-state index in [-0.39, 0.29) is 17.6 Å². The Labute approximate surface area is 98.7 Å². The summed E-state index contributed by atoms with van der Waals surface area (Å²) in [4.78, 5) is 11.6. The lowest BCUT2D eigenvalue weighted by Crippen LogP contribution is -2.37. The summed E-state index contributed by atoms with van der Waals surface area (Å²) in [6, 6.07) is 7.67. The molecule has 3 rings (SSSR count). The standard InChI is InChI=1S/C12H12ClNO2/c13-9-3-1-8(2-4-9)12(5-6-12)14-11(15)10-7-16-10/h1-4,10H,5-7H2,(H,14,15). The van der Waals surface area contributed by atoms with Crippen LogP contribution in [0.3, 0.4) is 0 Å². The molecule has 0 radical (unpaired) electrons. The number of halogens is 1. The van der Waals surface area contributed by atoms with Gasteiger partial charge in [-0.05, 0) is 30.5 Å². The molecule has 16 heavy (non-hydrogen) atoms. The van der Waals surface area contributed by atoms with Gasteiger partial charge < -0.3 is 10.1 Å². The Morgan fingerprint density at radius 2 is 2.00 bits per heavy atom. The van der Waals surface area contributed by atoms with Crippen molar-refractivity contribution in [2.24, 2.45) is 0 Å². The molecule has 1 aromatic carbocycles. The number of rotatable bonds is 3. The smallest absolute Gasteiger partial charge is 0.252 e. The molecular weight excluding hydrogens is 226 g/mol. The second-order valence-electron chi connectivity index (χ2n) is 4.40. The normalized spacial score (nSPS) is 24.9. The van der Waals surface area contributed by atoms with Crippen LogP contribution >= 0.6 is 11.6 Å². The zero-order valence-electron chi connectivity index (χ0n) is 8.70. The molecule has 1 unspecified atom stereocenters. The van der Waals surface area contributed by atoms with Gasteiger partial charge in [-0.1, -0.05) is 23.7 Å².